The van der Waals surface area contributed by atoms with E-state index in [9.17, 15) is 0 Å². The minimum Gasteiger partial charge on any atom is -0.497 e. The van der Waals surface area contributed by atoms with Crippen molar-refractivity contribution in [2.75, 3.05) is 13.7 Å². The van der Waals surface area contributed by atoms with Gasteiger partial charge in [0, 0.05) is 12.0 Å². The summed E-state index contributed by atoms with van der Waals surface area (Å²) in [5.41, 5.74) is 7.15. The van der Waals surface area contributed by atoms with Gasteiger partial charge in [-0.3, -0.25) is 0 Å². The van der Waals surface area contributed by atoms with Crippen LogP contribution >= 0.6 is 0 Å². The molecular weight excluding hydrogens is 210 g/mol. The first-order valence-corrected chi connectivity index (χ1v) is 5.86. The second-order valence-corrected chi connectivity index (χ2v) is 4.98. The maximum atomic E-state index is 5.86. The quantitative estimate of drug-likeness (QED) is 0.877. The van der Waals surface area contributed by atoms with Crippen molar-refractivity contribution in [2.24, 2.45) is 5.73 Å². The van der Waals surface area contributed by atoms with Gasteiger partial charge in [-0.1, -0.05) is 38.1 Å². The van der Waals surface area contributed by atoms with Crippen molar-refractivity contribution in [3.8, 4) is 5.75 Å². The molecule has 0 aliphatic rings. The smallest absolute Gasteiger partial charge is 0.119 e. The highest BCUT2D eigenvalue weighted by Gasteiger charge is 2.20. The van der Waals surface area contributed by atoms with E-state index >= 15 is 0 Å². The number of hydrogen-bond acceptors (Lipinski definition) is 2. The van der Waals surface area contributed by atoms with Crippen molar-refractivity contribution >= 4 is 10.8 Å². The highest BCUT2D eigenvalue weighted by Crippen LogP contribution is 2.31. The van der Waals surface area contributed by atoms with Crippen LogP contribution in [0.3, 0.4) is 0 Å². The van der Waals surface area contributed by atoms with Crippen LogP contribution < -0.4 is 10.5 Å². The normalized spacial score (nSPS) is 11.8. The number of fused-ring (bicyclic) bond motifs is 1. The number of methoxy groups -OCH3 is 1. The molecule has 0 heterocycles. The summed E-state index contributed by atoms with van der Waals surface area (Å²) in [7, 11) is 1.69. The highest BCUT2D eigenvalue weighted by molar-refractivity contribution is 5.87. The molecule has 0 aliphatic carbocycles. The second kappa shape index (κ2) is 4.38. The number of rotatable bonds is 3. The molecule has 0 amide bonds. The minimum absolute atomic E-state index is 0.00585. The SMILES string of the molecule is COc1ccc2c(C(C)(C)CN)cccc2c1. The van der Waals surface area contributed by atoms with Crippen molar-refractivity contribution in [3.05, 3.63) is 42.0 Å². The molecule has 0 saturated heterocycles. The number of nitrogens with two attached hydrogens (primary N) is 1. The van der Waals surface area contributed by atoms with Crippen LogP contribution in [0.4, 0.5) is 0 Å². The molecule has 0 radical (unpaired) electrons. The molecule has 90 valence electrons. The molecule has 2 aromatic carbocycles. The van der Waals surface area contributed by atoms with Crippen LogP contribution in [0, 0.1) is 0 Å². The van der Waals surface area contributed by atoms with Crippen LogP contribution in [0.2, 0.25) is 0 Å². The van der Waals surface area contributed by atoms with Crippen LogP contribution in [-0.4, -0.2) is 13.7 Å². The molecule has 2 aromatic rings. The van der Waals surface area contributed by atoms with Gasteiger partial charge in [-0.15, -0.1) is 0 Å². The van der Waals surface area contributed by atoms with Gasteiger partial charge in [0.25, 0.3) is 0 Å². The summed E-state index contributed by atoms with van der Waals surface area (Å²) in [5.74, 6) is 0.889. The fourth-order valence-electron chi connectivity index (χ4n) is 2.09. The van der Waals surface area contributed by atoms with Gasteiger partial charge < -0.3 is 10.5 Å². The molecule has 0 saturated carbocycles. The Labute approximate surface area is 102 Å². The average molecular weight is 229 g/mol. The van der Waals surface area contributed by atoms with E-state index in [0.29, 0.717) is 6.54 Å². The molecule has 0 unspecified atom stereocenters. The van der Waals surface area contributed by atoms with E-state index in [4.69, 9.17) is 10.5 Å². The zero-order valence-electron chi connectivity index (χ0n) is 10.7. The Kier molecular flexibility index (Phi) is 3.07. The molecule has 2 heteroatoms. The summed E-state index contributed by atoms with van der Waals surface area (Å²) in [6.07, 6.45) is 0. The van der Waals surface area contributed by atoms with Gasteiger partial charge in [0.2, 0.25) is 0 Å². The lowest BCUT2D eigenvalue weighted by Gasteiger charge is -2.25. The fourth-order valence-corrected chi connectivity index (χ4v) is 2.09. The van der Waals surface area contributed by atoms with Crippen LogP contribution in [0.15, 0.2) is 36.4 Å². The predicted octanol–water partition coefficient (Wildman–Crippen LogP) is 3.08. The van der Waals surface area contributed by atoms with E-state index in [1.165, 1.54) is 16.3 Å². The van der Waals surface area contributed by atoms with E-state index in [2.05, 4.69) is 44.2 Å². The van der Waals surface area contributed by atoms with E-state index in [1.807, 2.05) is 6.07 Å². The van der Waals surface area contributed by atoms with Crippen molar-refractivity contribution in [2.45, 2.75) is 19.3 Å². The number of hydrogen-bond donors (Lipinski definition) is 1. The van der Waals surface area contributed by atoms with E-state index in [1.54, 1.807) is 7.11 Å². The Morgan fingerprint density at radius 2 is 1.94 bits per heavy atom. The topological polar surface area (TPSA) is 35.2 Å². The van der Waals surface area contributed by atoms with Crippen molar-refractivity contribution in [3.63, 3.8) is 0 Å². The zero-order valence-corrected chi connectivity index (χ0v) is 10.7. The standard InChI is InChI=1S/C15H19NO/c1-15(2,10-16)14-6-4-5-11-9-12(17-3)7-8-13(11)14/h4-9H,10,16H2,1-3H3. The number of benzene rings is 2. The average Bonchev–Trinajstić information content (AvgIpc) is 2.37. The van der Waals surface area contributed by atoms with Gasteiger partial charge in [0.15, 0.2) is 0 Å². The summed E-state index contributed by atoms with van der Waals surface area (Å²) in [5, 5.41) is 2.45. The Morgan fingerprint density at radius 3 is 2.59 bits per heavy atom. The van der Waals surface area contributed by atoms with Crippen molar-refractivity contribution in [1.82, 2.24) is 0 Å². The Bertz CT molecular complexity index is 531. The highest BCUT2D eigenvalue weighted by atomic mass is 16.5. The van der Waals surface area contributed by atoms with Gasteiger partial charge in [0.1, 0.15) is 5.75 Å². The zero-order chi connectivity index (χ0) is 12.5. The largest absolute Gasteiger partial charge is 0.497 e. The van der Waals surface area contributed by atoms with Gasteiger partial charge in [0.05, 0.1) is 7.11 Å². The lowest BCUT2D eigenvalue weighted by molar-refractivity contribution is 0.415. The first-order chi connectivity index (χ1) is 8.08. The third-order valence-electron chi connectivity index (χ3n) is 3.33. The summed E-state index contributed by atoms with van der Waals surface area (Å²) < 4.78 is 5.25. The number of ether oxygens (including phenoxy) is 1. The molecule has 0 atom stereocenters. The van der Waals surface area contributed by atoms with E-state index in [0.717, 1.165) is 5.75 Å². The van der Waals surface area contributed by atoms with Gasteiger partial charge in [-0.05, 0) is 28.5 Å². The summed E-state index contributed by atoms with van der Waals surface area (Å²) in [4.78, 5) is 0. The van der Waals surface area contributed by atoms with Crippen LogP contribution in [-0.2, 0) is 5.41 Å². The molecule has 0 spiro atoms. The third kappa shape index (κ3) is 2.13. The summed E-state index contributed by atoms with van der Waals surface area (Å²) in [6, 6.07) is 12.5. The minimum atomic E-state index is -0.00585. The lowest BCUT2D eigenvalue weighted by Crippen LogP contribution is -2.28. The van der Waals surface area contributed by atoms with E-state index < -0.39 is 0 Å². The maximum absolute atomic E-state index is 5.86. The molecule has 0 fully saturated rings. The Hall–Kier alpha value is -1.54. The molecule has 17 heavy (non-hydrogen) atoms. The first-order valence-electron chi connectivity index (χ1n) is 5.86. The summed E-state index contributed by atoms with van der Waals surface area (Å²) in [6.45, 7) is 4.98. The molecule has 0 aromatic heterocycles. The van der Waals surface area contributed by atoms with Gasteiger partial charge >= 0.3 is 0 Å². The first kappa shape index (κ1) is 11.9. The second-order valence-electron chi connectivity index (χ2n) is 4.98. The summed E-state index contributed by atoms with van der Waals surface area (Å²) >= 11 is 0. The van der Waals surface area contributed by atoms with Crippen molar-refractivity contribution in [1.29, 1.82) is 0 Å². The Morgan fingerprint density at radius 1 is 1.18 bits per heavy atom. The molecule has 2 rings (SSSR count). The molecular formula is C15H19NO. The molecule has 2 nitrogen and oxygen atoms in total. The molecule has 2 N–H and O–H groups in total. The van der Waals surface area contributed by atoms with Gasteiger partial charge in [-0.25, -0.2) is 0 Å². The van der Waals surface area contributed by atoms with Crippen LogP contribution in [0.5, 0.6) is 5.75 Å². The van der Waals surface area contributed by atoms with Crippen LogP contribution in [0.1, 0.15) is 19.4 Å². The molecule has 0 bridgehead atoms. The van der Waals surface area contributed by atoms with Crippen molar-refractivity contribution < 1.29 is 4.74 Å². The Balaban J connectivity index is 2.66. The third-order valence-corrected chi connectivity index (χ3v) is 3.33. The molecule has 0 aliphatic heterocycles. The van der Waals surface area contributed by atoms with Crippen LogP contribution in [0.25, 0.3) is 10.8 Å². The fraction of sp³-hybridized carbons (Fsp3) is 0.333. The van der Waals surface area contributed by atoms with E-state index in [-0.39, 0.29) is 5.41 Å². The maximum Gasteiger partial charge on any atom is 0.119 e. The lowest BCUT2D eigenvalue weighted by atomic mass is 9.82. The predicted molar refractivity (Wildman–Crippen MR) is 72.6 cm³/mol. The monoisotopic (exact) mass is 229 g/mol. The van der Waals surface area contributed by atoms with Gasteiger partial charge in [-0.2, -0.15) is 0 Å².